The lowest BCUT2D eigenvalue weighted by molar-refractivity contribution is -0.164. The first-order valence-corrected chi connectivity index (χ1v) is 12.0. The highest BCUT2D eigenvalue weighted by Gasteiger charge is 2.34. The molecule has 0 spiro atoms. The molecule has 35 heavy (non-hydrogen) atoms. The van der Waals surface area contributed by atoms with E-state index in [1.165, 1.54) is 12.7 Å². The molecule has 1 atom stereocenters. The van der Waals surface area contributed by atoms with E-state index in [1.807, 2.05) is 45.2 Å². The van der Waals surface area contributed by atoms with Crippen molar-refractivity contribution >= 4 is 27.6 Å². The number of hydrogen-bond donors (Lipinski definition) is 0. The van der Waals surface area contributed by atoms with Gasteiger partial charge in [0.25, 0.3) is 0 Å². The van der Waals surface area contributed by atoms with Gasteiger partial charge < -0.3 is 14.2 Å². The van der Waals surface area contributed by atoms with Gasteiger partial charge in [0.15, 0.2) is 6.10 Å². The van der Waals surface area contributed by atoms with Crippen LogP contribution < -0.4 is 4.74 Å². The van der Waals surface area contributed by atoms with Crippen molar-refractivity contribution in [1.82, 2.24) is 4.98 Å². The van der Waals surface area contributed by atoms with Gasteiger partial charge in [-0.15, -0.1) is 0 Å². The van der Waals surface area contributed by atoms with Crippen LogP contribution in [0.5, 0.6) is 5.75 Å². The summed E-state index contributed by atoms with van der Waals surface area (Å²) in [5.41, 5.74) is 6.38. The average molecular weight is 470 g/mol. The summed E-state index contributed by atoms with van der Waals surface area (Å²) in [7, 11) is 1.41. The number of benzene rings is 3. The van der Waals surface area contributed by atoms with Crippen LogP contribution in [0.1, 0.15) is 49.1 Å². The molecule has 5 rings (SSSR count). The SMILES string of the molecule is COC(=O)C(OC(C)(C)C)c1c(C)c(C)c2ccccc2c1-c1ccc2c3c(ccnc13)CCO2. The Morgan fingerprint density at radius 2 is 1.77 bits per heavy atom. The monoisotopic (exact) mass is 469 g/mol. The summed E-state index contributed by atoms with van der Waals surface area (Å²) in [5.74, 6) is 0.432. The summed E-state index contributed by atoms with van der Waals surface area (Å²) in [6.07, 6.45) is 1.82. The van der Waals surface area contributed by atoms with E-state index in [2.05, 4.69) is 38.1 Å². The lowest BCUT2D eigenvalue weighted by Gasteiger charge is -2.30. The minimum Gasteiger partial charge on any atom is -0.493 e. The number of esters is 1. The number of rotatable bonds is 4. The Kier molecular flexibility index (Phi) is 5.76. The lowest BCUT2D eigenvalue weighted by atomic mass is 9.83. The fraction of sp³-hybridized carbons (Fsp3) is 0.333. The van der Waals surface area contributed by atoms with Gasteiger partial charge >= 0.3 is 5.97 Å². The first kappa shape index (κ1) is 23.3. The maximum absolute atomic E-state index is 13.2. The molecule has 2 heterocycles. The first-order valence-electron chi connectivity index (χ1n) is 12.0. The van der Waals surface area contributed by atoms with Crippen LogP contribution in [0.3, 0.4) is 0 Å². The van der Waals surface area contributed by atoms with Crippen molar-refractivity contribution in [2.45, 2.75) is 52.7 Å². The highest BCUT2D eigenvalue weighted by molar-refractivity contribution is 6.09. The van der Waals surface area contributed by atoms with E-state index in [4.69, 9.17) is 19.2 Å². The number of carbonyl (C=O) groups is 1. The van der Waals surface area contributed by atoms with Crippen molar-refractivity contribution in [2.75, 3.05) is 13.7 Å². The summed E-state index contributed by atoms with van der Waals surface area (Å²) in [4.78, 5) is 18.0. The number of aryl methyl sites for hydroxylation is 1. The molecule has 1 unspecified atom stereocenters. The zero-order valence-corrected chi connectivity index (χ0v) is 21.2. The van der Waals surface area contributed by atoms with Crippen molar-refractivity contribution in [1.29, 1.82) is 0 Å². The molecular formula is C30H31NO4. The molecule has 1 aliphatic rings. The minimum atomic E-state index is -0.889. The van der Waals surface area contributed by atoms with Crippen LogP contribution in [0.15, 0.2) is 48.7 Å². The minimum absolute atomic E-state index is 0.419. The standard InChI is InChI=1S/C30H31NO4/c1-17-18(2)24(28(29(32)33-6)35-30(3,4)5)26(21-10-8-7-9-20(17)21)22-11-12-23-25-19(14-16-34-23)13-15-31-27(22)25/h7-13,15,28H,14,16H2,1-6H3. The Labute approximate surface area is 206 Å². The summed E-state index contributed by atoms with van der Waals surface area (Å²) < 4.78 is 17.6. The van der Waals surface area contributed by atoms with E-state index >= 15 is 0 Å². The van der Waals surface area contributed by atoms with E-state index in [-0.39, 0.29) is 0 Å². The molecule has 180 valence electrons. The Bertz CT molecular complexity index is 1460. The number of carbonyl (C=O) groups excluding carboxylic acids is 1. The molecule has 0 amide bonds. The number of ether oxygens (including phenoxy) is 3. The van der Waals surface area contributed by atoms with Gasteiger partial charge in [0.2, 0.25) is 0 Å². The number of methoxy groups -OCH3 is 1. The van der Waals surface area contributed by atoms with Gasteiger partial charge in [0.05, 0.1) is 24.8 Å². The Hall–Kier alpha value is -3.44. The lowest BCUT2D eigenvalue weighted by Crippen LogP contribution is -2.29. The zero-order valence-electron chi connectivity index (χ0n) is 21.2. The number of nitrogens with zero attached hydrogens (tertiary/aromatic N) is 1. The molecule has 4 aromatic rings. The number of aromatic nitrogens is 1. The van der Waals surface area contributed by atoms with E-state index in [0.29, 0.717) is 6.61 Å². The van der Waals surface area contributed by atoms with Crippen molar-refractivity contribution < 1.29 is 19.0 Å². The fourth-order valence-electron chi connectivity index (χ4n) is 5.17. The van der Waals surface area contributed by atoms with Crippen LogP contribution in [0, 0.1) is 13.8 Å². The van der Waals surface area contributed by atoms with E-state index in [1.54, 1.807) is 0 Å². The molecule has 5 nitrogen and oxygen atoms in total. The summed E-state index contributed by atoms with van der Waals surface area (Å²) in [6.45, 7) is 10.7. The third kappa shape index (κ3) is 3.94. The van der Waals surface area contributed by atoms with Crippen molar-refractivity contribution in [3.8, 4) is 16.9 Å². The highest BCUT2D eigenvalue weighted by Crippen LogP contribution is 2.46. The molecule has 3 aromatic carbocycles. The van der Waals surface area contributed by atoms with Gasteiger partial charge in [0, 0.05) is 29.1 Å². The molecule has 1 aliphatic heterocycles. The molecule has 0 aliphatic carbocycles. The summed E-state index contributed by atoms with van der Waals surface area (Å²) in [5, 5.41) is 3.23. The summed E-state index contributed by atoms with van der Waals surface area (Å²) >= 11 is 0. The molecule has 0 fully saturated rings. The number of pyridine rings is 1. The topological polar surface area (TPSA) is 57.7 Å². The Balaban J connectivity index is 1.93. The average Bonchev–Trinajstić information content (AvgIpc) is 2.85. The smallest absolute Gasteiger partial charge is 0.339 e. The van der Waals surface area contributed by atoms with E-state index < -0.39 is 17.7 Å². The van der Waals surface area contributed by atoms with Crippen LogP contribution in [0.4, 0.5) is 0 Å². The van der Waals surface area contributed by atoms with Crippen molar-refractivity contribution in [3.63, 3.8) is 0 Å². The third-order valence-corrected chi connectivity index (χ3v) is 6.82. The second-order valence-electron chi connectivity index (χ2n) is 10.1. The number of hydrogen-bond acceptors (Lipinski definition) is 5. The van der Waals surface area contributed by atoms with Crippen molar-refractivity contribution in [2.24, 2.45) is 0 Å². The fourth-order valence-corrected chi connectivity index (χ4v) is 5.17. The molecule has 0 saturated carbocycles. The van der Waals surface area contributed by atoms with Gasteiger partial charge in [-0.05, 0) is 85.8 Å². The van der Waals surface area contributed by atoms with Gasteiger partial charge in [-0.2, -0.15) is 0 Å². The predicted molar refractivity (Wildman–Crippen MR) is 139 cm³/mol. The normalized spacial score (nSPS) is 14.1. The van der Waals surface area contributed by atoms with Crippen LogP contribution in [-0.2, 0) is 20.7 Å². The maximum Gasteiger partial charge on any atom is 0.339 e. The first-order chi connectivity index (χ1) is 16.7. The van der Waals surface area contributed by atoms with E-state index in [0.717, 1.165) is 61.7 Å². The van der Waals surface area contributed by atoms with Gasteiger partial charge in [-0.25, -0.2) is 4.79 Å². The molecule has 0 saturated heterocycles. The summed E-state index contributed by atoms with van der Waals surface area (Å²) in [6, 6.07) is 14.5. The third-order valence-electron chi connectivity index (χ3n) is 6.82. The van der Waals surface area contributed by atoms with Crippen LogP contribution in [-0.4, -0.2) is 30.3 Å². The second kappa shape index (κ2) is 8.65. The van der Waals surface area contributed by atoms with Gasteiger partial charge in [-0.1, -0.05) is 24.3 Å². The molecule has 5 heteroatoms. The van der Waals surface area contributed by atoms with Gasteiger partial charge in [-0.3, -0.25) is 4.98 Å². The second-order valence-corrected chi connectivity index (χ2v) is 10.1. The molecule has 0 bridgehead atoms. The largest absolute Gasteiger partial charge is 0.493 e. The van der Waals surface area contributed by atoms with Crippen LogP contribution in [0.25, 0.3) is 32.8 Å². The Morgan fingerprint density at radius 1 is 1.03 bits per heavy atom. The van der Waals surface area contributed by atoms with Crippen LogP contribution in [0.2, 0.25) is 0 Å². The predicted octanol–water partition coefficient (Wildman–Crippen LogP) is 6.64. The van der Waals surface area contributed by atoms with Crippen LogP contribution >= 0.6 is 0 Å². The quantitative estimate of drug-likeness (QED) is 0.314. The molecule has 0 N–H and O–H groups in total. The highest BCUT2D eigenvalue weighted by atomic mass is 16.6. The van der Waals surface area contributed by atoms with E-state index in [9.17, 15) is 4.79 Å². The maximum atomic E-state index is 13.2. The molecule has 0 radical (unpaired) electrons. The van der Waals surface area contributed by atoms with Gasteiger partial charge in [0.1, 0.15) is 5.75 Å². The van der Waals surface area contributed by atoms with Crippen molar-refractivity contribution in [3.05, 3.63) is 70.9 Å². The molecular weight excluding hydrogens is 438 g/mol. The zero-order chi connectivity index (χ0) is 24.9. The number of fused-ring (bicyclic) bond motifs is 1. The Morgan fingerprint density at radius 3 is 2.49 bits per heavy atom. The molecule has 1 aromatic heterocycles.